The summed E-state index contributed by atoms with van der Waals surface area (Å²) in [6.45, 7) is 2.26. The van der Waals surface area contributed by atoms with Crippen molar-refractivity contribution in [1.29, 1.82) is 0 Å². The molecule has 13 heteroatoms. The number of anilines is 2. The number of aryl methyl sites for hydroxylation is 2. The number of likely N-dealkylation sites (N-methyl/N-ethyl adjacent to an activating group) is 1. The summed E-state index contributed by atoms with van der Waals surface area (Å²) in [5.74, 6) is 0.845. The van der Waals surface area contributed by atoms with Crippen molar-refractivity contribution in [3.8, 4) is 22.6 Å². The summed E-state index contributed by atoms with van der Waals surface area (Å²) in [5.41, 5.74) is 2.31. The molecule has 0 saturated carbocycles. The van der Waals surface area contributed by atoms with E-state index in [-0.39, 0.29) is 33.1 Å². The van der Waals surface area contributed by atoms with E-state index in [1.807, 2.05) is 43.3 Å². The van der Waals surface area contributed by atoms with Gasteiger partial charge in [0.1, 0.15) is 17.1 Å². The number of aromatic nitrogens is 3. The standard InChI is InChI=1S/C34H38Cl2N6O5/c1-41(2)14-5-8-28(43)38-23-11-9-21(10-12-23)13-15-42-32-22(19-37-34(40-32)39-24-7-6-16-47-20-24)17-25(33(42)44)29-30(35)26(45-3)18-27(46-4)31(29)36/h5,8-12,17-19,24H,6-7,13-16,20H2,1-4H3,(H,38,43)(H,37,39,40)/b8-5+. The van der Waals surface area contributed by atoms with Crippen molar-refractivity contribution in [3.05, 3.63) is 80.7 Å². The monoisotopic (exact) mass is 680 g/mol. The zero-order valence-electron chi connectivity index (χ0n) is 26.8. The molecule has 1 aliphatic rings. The quantitative estimate of drug-likeness (QED) is 0.182. The Kier molecular flexibility index (Phi) is 11.4. The predicted octanol–water partition coefficient (Wildman–Crippen LogP) is 5.67. The van der Waals surface area contributed by atoms with Gasteiger partial charge in [-0.15, -0.1) is 0 Å². The molecule has 2 aromatic carbocycles. The van der Waals surface area contributed by atoms with Crippen LogP contribution in [0.15, 0.2) is 59.5 Å². The lowest BCUT2D eigenvalue weighted by molar-refractivity contribution is -0.111. The Morgan fingerprint density at radius 3 is 2.49 bits per heavy atom. The van der Waals surface area contributed by atoms with Crippen LogP contribution in [0.1, 0.15) is 18.4 Å². The third-order valence-corrected chi connectivity index (χ3v) is 8.50. The molecule has 4 aromatic rings. The van der Waals surface area contributed by atoms with Gasteiger partial charge in [0.05, 0.1) is 42.5 Å². The molecule has 1 atom stereocenters. The van der Waals surface area contributed by atoms with Crippen molar-refractivity contribution in [1.82, 2.24) is 19.4 Å². The van der Waals surface area contributed by atoms with Crippen molar-refractivity contribution in [2.75, 3.05) is 58.7 Å². The van der Waals surface area contributed by atoms with Crippen LogP contribution in [0.25, 0.3) is 22.2 Å². The average Bonchev–Trinajstić information content (AvgIpc) is 3.06. The molecular weight excluding hydrogens is 643 g/mol. The Bertz CT molecular complexity index is 1790. The molecule has 248 valence electrons. The van der Waals surface area contributed by atoms with Gasteiger partial charge in [0.25, 0.3) is 5.56 Å². The van der Waals surface area contributed by atoms with Crippen molar-refractivity contribution >= 4 is 51.8 Å². The third-order valence-electron chi connectivity index (χ3n) is 7.75. The molecule has 3 heterocycles. The number of benzene rings is 2. The van der Waals surface area contributed by atoms with Crippen molar-refractivity contribution < 1.29 is 19.0 Å². The predicted molar refractivity (Wildman–Crippen MR) is 186 cm³/mol. The lowest BCUT2D eigenvalue weighted by Gasteiger charge is -2.23. The summed E-state index contributed by atoms with van der Waals surface area (Å²) in [6.07, 6.45) is 7.38. The molecule has 1 saturated heterocycles. The van der Waals surface area contributed by atoms with Gasteiger partial charge in [0.2, 0.25) is 11.9 Å². The number of ether oxygens (including phenoxy) is 3. The van der Waals surface area contributed by atoms with Crippen LogP contribution in [-0.4, -0.2) is 79.5 Å². The van der Waals surface area contributed by atoms with E-state index in [1.54, 1.807) is 29.0 Å². The summed E-state index contributed by atoms with van der Waals surface area (Å²) in [4.78, 5) is 37.9. The molecule has 1 unspecified atom stereocenters. The highest BCUT2D eigenvalue weighted by molar-refractivity contribution is 6.41. The molecule has 1 aliphatic heterocycles. The minimum absolute atomic E-state index is 0.0741. The number of carbonyl (C=O) groups excluding carboxylic acids is 1. The van der Waals surface area contributed by atoms with Crippen LogP contribution in [0, 0.1) is 0 Å². The molecule has 2 aromatic heterocycles. The fourth-order valence-corrected chi connectivity index (χ4v) is 6.03. The van der Waals surface area contributed by atoms with E-state index < -0.39 is 0 Å². The Balaban J connectivity index is 1.50. The van der Waals surface area contributed by atoms with E-state index in [4.69, 9.17) is 42.4 Å². The molecular formula is C34H38Cl2N6O5. The minimum atomic E-state index is -0.337. The second-order valence-electron chi connectivity index (χ2n) is 11.4. The number of rotatable bonds is 12. The van der Waals surface area contributed by atoms with E-state index in [0.29, 0.717) is 65.8 Å². The SMILES string of the molecule is COc1cc(OC)c(Cl)c(-c2cc3cnc(NC4CCCOC4)nc3n(CCc3ccc(NC(=O)/C=C/CN(C)C)cc3)c2=O)c1Cl. The van der Waals surface area contributed by atoms with E-state index in [2.05, 4.69) is 15.6 Å². The van der Waals surface area contributed by atoms with Gasteiger partial charge in [-0.2, -0.15) is 4.98 Å². The number of hydrogen-bond donors (Lipinski definition) is 2. The zero-order valence-corrected chi connectivity index (χ0v) is 28.3. The van der Waals surface area contributed by atoms with Gasteiger partial charge >= 0.3 is 0 Å². The summed E-state index contributed by atoms with van der Waals surface area (Å²) < 4.78 is 18.1. The lowest BCUT2D eigenvalue weighted by Crippen LogP contribution is -2.31. The van der Waals surface area contributed by atoms with Gasteiger partial charge in [-0.05, 0) is 57.1 Å². The number of methoxy groups -OCH3 is 2. The molecule has 0 spiro atoms. The highest BCUT2D eigenvalue weighted by Gasteiger charge is 2.24. The van der Waals surface area contributed by atoms with Crippen LogP contribution in [0.5, 0.6) is 11.5 Å². The smallest absolute Gasteiger partial charge is 0.260 e. The number of carbonyl (C=O) groups is 1. The first-order valence-electron chi connectivity index (χ1n) is 15.2. The molecule has 1 fully saturated rings. The van der Waals surface area contributed by atoms with Crippen LogP contribution < -0.4 is 25.7 Å². The second-order valence-corrected chi connectivity index (χ2v) is 12.2. The first kappa shape index (κ1) is 34.2. The highest BCUT2D eigenvalue weighted by atomic mass is 35.5. The molecule has 1 amide bonds. The molecule has 0 bridgehead atoms. The summed E-state index contributed by atoms with van der Waals surface area (Å²) >= 11 is 13.5. The number of fused-ring (bicyclic) bond motifs is 1. The molecule has 0 radical (unpaired) electrons. The first-order valence-corrected chi connectivity index (χ1v) is 16.0. The zero-order chi connectivity index (χ0) is 33.5. The van der Waals surface area contributed by atoms with E-state index >= 15 is 0 Å². The topological polar surface area (TPSA) is 120 Å². The first-order chi connectivity index (χ1) is 22.7. The normalized spacial score (nSPS) is 14.9. The van der Waals surface area contributed by atoms with Gasteiger partial charge in [-0.1, -0.05) is 41.4 Å². The Hall–Kier alpha value is -4.16. The van der Waals surface area contributed by atoms with E-state index in [9.17, 15) is 9.59 Å². The van der Waals surface area contributed by atoms with Gasteiger partial charge in [-0.3, -0.25) is 14.2 Å². The maximum atomic E-state index is 14.3. The number of nitrogens with one attached hydrogen (secondary N) is 2. The summed E-state index contributed by atoms with van der Waals surface area (Å²) in [6, 6.07) is 10.9. The summed E-state index contributed by atoms with van der Waals surface area (Å²) in [7, 11) is 6.83. The average molecular weight is 682 g/mol. The van der Waals surface area contributed by atoms with E-state index in [0.717, 1.165) is 25.0 Å². The highest BCUT2D eigenvalue weighted by Crippen LogP contribution is 2.45. The number of halogens is 2. The van der Waals surface area contributed by atoms with Crippen LogP contribution in [0.3, 0.4) is 0 Å². The number of hydrogen-bond acceptors (Lipinski definition) is 9. The molecule has 0 aliphatic carbocycles. The minimum Gasteiger partial charge on any atom is -0.495 e. The number of nitrogens with zero attached hydrogens (tertiary/aromatic N) is 4. The molecule has 11 nitrogen and oxygen atoms in total. The third kappa shape index (κ3) is 8.23. The fourth-order valence-electron chi connectivity index (χ4n) is 5.32. The lowest BCUT2D eigenvalue weighted by atomic mass is 10.0. The fraction of sp³-hybridized carbons (Fsp3) is 0.353. The van der Waals surface area contributed by atoms with Crippen molar-refractivity contribution in [2.45, 2.75) is 31.8 Å². The Labute approximate surface area is 283 Å². The van der Waals surface area contributed by atoms with E-state index in [1.165, 1.54) is 20.3 Å². The van der Waals surface area contributed by atoms with Gasteiger partial charge in [0, 0.05) is 54.7 Å². The van der Waals surface area contributed by atoms with Crippen molar-refractivity contribution in [3.63, 3.8) is 0 Å². The van der Waals surface area contributed by atoms with Gasteiger partial charge in [-0.25, -0.2) is 4.98 Å². The second kappa shape index (κ2) is 15.6. The molecule has 5 rings (SSSR count). The summed E-state index contributed by atoms with van der Waals surface area (Å²) in [5, 5.41) is 7.21. The molecule has 47 heavy (non-hydrogen) atoms. The number of pyridine rings is 1. The maximum absolute atomic E-state index is 14.3. The Morgan fingerprint density at radius 1 is 1.13 bits per heavy atom. The number of amides is 1. The van der Waals surface area contributed by atoms with Crippen molar-refractivity contribution in [2.24, 2.45) is 0 Å². The van der Waals surface area contributed by atoms with Crippen LogP contribution in [-0.2, 0) is 22.5 Å². The maximum Gasteiger partial charge on any atom is 0.260 e. The molecule has 2 N–H and O–H groups in total. The largest absolute Gasteiger partial charge is 0.495 e. The Morgan fingerprint density at radius 2 is 1.85 bits per heavy atom. The van der Waals surface area contributed by atoms with Crippen LogP contribution >= 0.6 is 23.2 Å². The van der Waals surface area contributed by atoms with Crippen LogP contribution in [0.4, 0.5) is 11.6 Å². The van der Waals surface area contributed by atoms with Gasteiger partial charge < -0.3 is 29.7 Å². The van der Waals surface area contributed by atoms with Gasteiger partial charge in [0.15, 0.2) is 0 Å². The van der Waals surface area contributed by atoms with Crippen LogP contribution in [0.2, 0.25) is 10.0 Å².